The summed E-state index contributed by atoms with van der Waals surface area (Å²) < 4.78 is 0. The number of rotatable bonds is 0. The standard InChI is InChI=1S/C7H3N3O2/c11-6-1-4-2-8-9-3-5(4)10-7(6)12/h1-3H. The molecule has 0 radical (unpaired) electrons. The van der Waals surface area contributed by atoms with Crippen LogP contribution in [0.15, 0.2) is 17.4 Å². The first-order valence-corrected chi connectivity index (χ1v) is 3.23. The van der Waals surface area contributed by atoms with Crippen molar-refractivity contribution in [2.45, 2.75) is 0 Å². The Morgan fingerprint density at radius 2 is 1.83 bits per heavy atom. The predicted molar refractivity (Wildman–Crippen MR) is 37.3 cm³/mol. The molecule has 1 aliphatic heterocycles. The number of Topliss-reactive ketones (excluding diaryl/α,β-unsaturated/α-hetero) is 1. The van der Waals surface area contributed by atoms with E-state index in [4.69, 9.17) is 0 Å². The predicted octanol–water partition coefficient (Wildman–Crippen LogP) is -2.01. The van der Waals surface area contributed by atoms with E-state index in [1.165, 1.54) is 18.5 Å². The summed E-state index contributed by atoms with van der Waals surface area (Å²) in [5, 5.41) is 8.02. The molecule has 2 rings (SSSR count). The largest absolute Gasteiger partial charge is 0.318 e. The first-order valence-electron chi connectivity index (χ1n) is 3.23. The molecule has 0 aliphatic carbocycles. The van der Waals surface area contributed by atoms with E-state index in [9.17, 15) is 9.59 Å². The quantitative estimate of drug-likeness (QED) is 0.412. The zero-order valence-electron chi connectivity index (χ0n) is 5.89. The van der Waals surface area contributed by atoms with Crippen molar-refractivity contribution in [1.29, 1.82) is 0 Å². The molecule has 2 heterocycles. The number of nitrogens with zero attached hydrogens (tertiary/aromatic N) is 3. The van der Waals surface area contributed by atoms with Gasteiger partial charge in [0.15, 0.2) is 0 Å². The number of amides is 1. The molecule has 0 unspecified atom stereocenters. The second kappa shape index (κ2) is 2.30. The van der Waals surface area contributed by atoms with E-state index in [0.717, 1.165) is 0 Å². The molecule has 5 nitrogen and oxygen atoms in total. The summed E-state index contributed by atoms with van der Waals surface area (Å²) in [4.78, 5) is 25.1. The highest BCUT2D eigenvalue weighted by molar-refractivity contribution is 6.48. The Morgan fingerprint density at radius 3 is 2.67 bits per heavy atom. The van der Waals surface area contributed by atoms with Crippen molar-refractivity contribution in [3.8, 4) is 0 Å². The van der Waals surface area contributed by atoms with E-state index in [-0.39, 0.29) is 0 Å². The number of hydrogen-bond acceptors (Lipinski definition) is 4. The summed E-state index contributed by atoms with van der Waals surface area (Å²) in [6, 6.07) is 0. The highest BCUT2D eigenvalue weighted by atomic mass is 16.2. The Morgan fingerprint density at radius 1 is 1.08 bits per heavy atom. The zero-order valence-corrected chi connectivity index (χ0v) is 5.89. The maximum Gasteiger partial charge on any atom is 0.318 e. The molecule has 12 heavy (non-hydrogen) atoms. The van der Waals surface area contributed by atoms with Crippen molar-refractivity contribution in [3.63, 3.8) is 0 Å². The van der Waals surface area contributed by atoms with Crippen LogP contribution in [0.4, 0.5) is 0 Å². The fourth-order valence-corrected chi connectivity index (χ4v) is 0.896. The molecule has 0 saturated carbocycles. The summed E-state index contributed by atoms with van der Waals surface area (Å²) in [5.74, 6) is -1.37. The molecule has 1 amide bonds. The third-order valence-corrected chi connectivity index (χ3v) is 1.46. The topological polar surface area (TPSA) is 72.3 Å². The summed E-state index contributed by atoms with van der Waals surface area (Å²) in [6.45, 7) is 0. The number of carbonyl (C=O) groups excluding carboxylic acids is 2. The Labute approximate surface area is 66.5 Å². The van der Waals surface area contributed by atoms with Crippen molar-refractivity contribution in [2.75, 3.05) is 0 Å². The Hall–Kier alpha value is -1.91. The van der Waals surface area contributed by atoms with Crippen LogP contribution in [0.3, 0.4) is 0 Å². The Bertz CT molecular complexity index is 433. The van der Waals surface area contributed by atoms with Gasteiger partial charge in [-0.05, 0) is 0 Å². The summed E-state index contributed by atoms with van der Waals surface area (Å²) in [7, 11) is 0. The van der Waals surface area contributed by atoms with Gasteiger partial charge in [-0.3, -0.25) is 9.59 Å². The van der Waals surface area contributed by atoms with E-state index in [1.54, 1.807) is 0 Å². The molecule has 1 aromatic heterocycles. The Kier molecular flexibility index (Phi) is 1.30. The summed E-state index contributed by atoms with van der Waals surface area (Å²) in [5.41, 5.74) is 0. The molecule has 1 aromatic rings. The lowest BCUT2D eigenvalue weighted by Gasteiger charge is -1.94. The van der Waals surface area contributed by atoms with E-state index in [2.05, 4.69) is 15.2 Å². The molecule has 0 fully saturated rings. The fourth-order valence-electron chi connectivity index (χ4n) is 0.896. The first-order chi connectivity index (χ1) is 5.77. The lowest BCUT2D eigenvalue weighted by Crippen LogP contribution is -2.34. The van der Waals surface area contributed by atoms with Crippen LogP contribution in [0.2, 0.25) is 0 Å². The highest BCUT2D eigenvalue weighted by Crippen LogP contribution is 1.82. The van der Waals surface area contributed by atoms with Crippen LogP contribution < -0.4 is 10.6 Å². The lowest BCUT2D eigenvalue weighted by atomic mass is 10.2. The van der Waals surface area contributed by atoms with Gasteiger partial charge in [-0.25, -0.2) is 4.99 Å². The molecule has 0 spiro atoms. The van der Waals surface area contributed by atoms with Gasteiger partial charge in [0.2, 0.25) is 5.78 Å². The number of hydrogen-bond donors (Lipinski definition) is 0. The minimum atomic E-state index is -0.754. The number of ketones is 1. The third kappa shape index (κ3) is 0.914. The van der Waals surface area contributed by atoms with Gasteiger partial charge in [0.1, 0.15) is 0 Å². The average molecular weight is 161 g/mol. The molecule has 1 aliphatic rings. The minimum Gasteiger partial charge on any atom is -0.284 e. The van der Waals surface area contributed by atoms with Gasteiger partial charge in [0.25, 0.3) is 0 Å². The zero-order chi connectivity index (χ0) is 8.55. The normalized spacial score (nSPS) is 14.7. The SMILES string of the molecule is O=C1C=c2cnncc2=NC1=O. The first kappa shape index (κ1) is 6.78. The number of carbonyl (C=O) groups is 2. The molecule has 0 atom stereocenters. The molecular formula is C7H3N3O2. The van der Waals surface area contributed by atoms with E-state index < -0.39 is 11.7 Å². The Balaban J connectivity index is 2.87. The second-order valence-electron chi connectivity index (χ2n) is 2.26. The molecule has 0 saturated heterocycles. The van der Waals surface area contributed by atoms with E-state index >= 15 is 0 Å². The lowest BCUT2D eigenvalue weighted by molar-refractivity contribution is -0.132. The van der Waals surface area contributed by atoms with Crippen molar-refractivity contribution >= 4 is 17.8 Å². The van der Waals surface area contributed by atoms with Crippen LogP contribution in [0.1, 0.15) is 0 Å². The van der Waals surface area contributed by atoms with Crippen LogP contribution >= 0.6 is 0 Å². The highest BCUT2D eigenvalue weighted by Gasteiger charge is 2.12. The van der Waals surface area contributed by atoms with Gasteiger partial charge in [0, 0.05) is 11.3 Å². The molecular weight excluding hydrogens is 158 g/mol. The number of aromatic nitrogens is 2. The fraction of sp³-hybridized carbons (Fsp3) is 0. The monoisotopic (exact) mass is 161 g/mol. The van der Waals surface area contributed by atoms with Crippen LogP contribution in [0.5, 0.6) is 0 Å². The third-order valence-electron chi connectivity index (χ3n) is 1.46. The van der Waals surface area contributed by atoms with Gasteiger partial charge in [-0.15, -0.1) is 0 Å². The summed E-state index contributed by atoms with van der Waals surface area (Å²) in [6.07, 6.45) is 3.94. The van der Waals surface area contributed by atoms with Gasteiger partial charge >= 0.3 is 5.91 Å². The van der Waals surface area contributed by atoms with E-state index in [0.29, 0.717) is 10.6 Å². The van der Waals surface area contributed by atoms with E-state index in [1.807, 2.05) is 0 Å². The molecule has 58 valence electrons. The second-order valence-corrected chi connectivity index (χ2v) is 2.26. The van der Waals surface area contributed by atoms with Crippen LogP contribution in [-0.4, -0.2) is 21.9 Å². The maximum absolute atomic E-state index is 10.8. The average Bonchev–Trinajstić information content (AvgIpc) is 2.07. The van der Waals surface area contributed by atoms with Crippen LogP contribution in [0, 0.1) is 0 Å². The molecule has 5 heteroatoms. The maximum atomic E-state index is 10.8. The van der Waals surface area contributed by atoms with Crippen molar-refractivity contribution < 1.29 is 9.59 Å². The number of fused-ring (bicyclic) bond motifs is 1. The van der Waals surface area contributed by atoms with Crippen molar-refractivity contribution in [2.24, 2.45) is 4.99 Å². The summed E-state index contributed by atoms with van der Waals surface area (Å²) >= 11 is 0. The minimum absolute atomic E-state index is 0.398. The molecule has 0 N–H and O–H groups in total. The molecule has 0 bridgehead atoms. The van der Waals surface area contributed by atoms with Gasteiger partial charge in [0.05, 0.1) is 17.8 Å². The smallest absolute Gasteiger partial charge is 0.284 e. The van der Waals surface area contributed by atoms with Gasteiger partial charge < -0.3 is 0 Å². The molecule has 0 aromatic carbocycles. The van der Waals surface area contributed by atoms with Crippen LogP contribution in [0.25, 0.3) is 6.08 Å². The van der Waals surface area contributed by atoms with Crippen LogP contribution in [-0.2, 0) is 9.59 Å². The van der Waals surface area contributed by atoms with Crippen molar-refractivity contribution in [1.82, 2.24) is 10.2 Å². The van der Waals surface area contributed by atoms with Crippen molar-refractivity contribution in [3.05, 3.63) is 23.0 Å². The van der Waals surface area contributed by atoms with Gasteiger partial charge in [-0.1, -0.05) is 0 Å². The van der Waals surface area contributed by atoms with Gasteiger partial charge in [-0.2, -0.15) is 10.2 Å².